The van der Waals surface area contributed by atoms with Gasteiger partial charge in [0.2, 0.25) is 0 Å². The molecule has 1 aromatic rings. The second-order valence-corrected chi connectivity index (χ2v) is 11.9. The first-order chi connectivity index (χ1) is 18.2. The number of phenolic OH excluding ortho intramolecular Hbond substituents is 1. The van der Waals surface area contributed by atoms with Crippen LogP contribution in [0.15, 0.2) is 30.1 Å². The predicted octanol–water partition coefficient (Wildman–Crippen LogP) is 7.53. The number of carbonyl (C=O) groups is 1. The van der Waals surface area contributed by atoms with Gasteiger partial charge in [-0.25, -0.2) is 8.78 Å². The molecule has 0 aromatic heterocycles. The molecule has 0 radical (unpaired) electrons. The van der Waals surface area contributed by atoms with Crippen LogP contribution in [0.1, 0.15) is 68.9 Å². The molecule has 218 valence electrons. The third-order valence-electron chi connectivity index (χ3n) is 9.39. The van der Waals surface area contributed by atoms with E-state index in [-0.39, 0.29) is 54.2 Å². The monoisotopic (exact) mass is 563 g/mol. The number of hydrogen-bond acceptors (Lipinski definition) is 3. The zero-order valence-electron chi connectivity index (χ0n) is 22.2. The van der Waals surface area contributed by atoms with Crippen LogP contribution in [0.25, 0.3) is 0 Å². The van der Waals surface area contributed by atoms with Gasteiger partial charge in [0.15, 0.2) is 5.83 Å². The summed E-state index contributed by atoms with van der Waals surface area (Å²) in [5, 5.41) is 10.1. The van der Waals surface area contributed by atoms with Gasteiger partial charge in [0.05, 0.1) is 0 Å². The van der Waals surface area contributed by atoms with Gasteiger partial charge < -0.3 is 10.0 Å². The molecule has 3 aliphatic carbocycles. The molecule has 1 N–H and O–H groups in total. The number of fused-ring (bicyclic) bond motifs is 5. The Hall–Kier alpha value is -2.10. The average molecular weight is 564 g/mol. The van der Waals surface area contributed by atoms with Crippen molar-refractivity contribution in [2.45, 2.75) is 82.5 Å². The lowest BCUT2D eigenvalue weighted by Gasteiger charge is -2.53. The Morgan fingerprint density at radius 1 is 1.18 bits per heavy atom. The SMILES string of the molecule is CN(C/C=C(\F)C(F)(F)C(F)(F)F)CCCCC[C@@H]1Cc2cc(O)ccc2[C@@H]2[C@@H]1[C@@H]1CCC(=O)[C@@]1(C)C[C@@H]2F. The molecule has 0 unspecified atom stereocenters. The number of nitrogens with zero attached hydrogens (tertiary/aromatic N) is 1. The zero-order valence-corrected chi connectivity index (χ0v) is 22.2. The minimum Gasteiger partial charge on any atom is -0.508 e. The van der Waals surface area contributed by atoms with Crippen LogP contribution in [0.3, 0.4) is 0 Å². The molecule has 1 aromatic carbocycles. The molecule has 2 fully saturated rings. The summed E-state index contributed by atoms with van der Waals surface area (Å²) < 4.78 is 92.2. The second kappa shape index (κ2) is 11.1. The van der Waals surface area contributed by atoms with Crippen molar-refractivity contribution in [2.24, 2.45) is 23.2 Å². The first-order valence-corrected chi connectivity index (χ1v) is 13.6. The number of ketones is 1. The highest BCUT2D eigenvalue weighted by Crippen LogP contribution is 2.62. The second-order valence-electron chi connectivity index (χ2n) is 11.9. The van der Waals surface area contributed by atoms with Crippen LogP contribution in [0.5, 0.6) is 5.75 Å². The number of hydrogen-bond donors (Lipinski definition) is 1. The molecule has 39 heavy (non-hydrogen) atoms. The summed E-state index contributed by atoms with van der Waals surface area (Å²) in [6, 6.07) is 5.13. The Bertz CT molecular complexity index is 1090. The van der Waals surface area contributed by atoms with Gasteiger partial charge in [-0.3, -0.25) is 4.79 Å². The predicted molar refractivity (Wildman–Crippen MR) is 133 cm³/mol. The largest absolute Gasteiger partial charge is 0.508 e. The van der Waals surface area contributed by atoms with Gasteiger partial charge in [0.1, 0.15) is 17.7 Å². The number of benzene rings is 1. The Labute approximate surface area is 224 Å². The van der Waals surface area contributed by atoms with E-state index < -0.39 is 29.5 Å². The summed E-state index contributed by atoms with van der Waals surface area (Å²) in [5.74, 6) is -7.77. The molecule has 10 heteroatoms. The fraction of sp³-hybridized carbons (Fsp3) is 0.690. The van der Waals surface area contributed by atoms with Gasteiger partial charge in [-0.05, 0) is 92.8 Å². The van der Waals surface area contributed by atoms with E-state index in [0.717, 1.165) is 36.8 Å². The molecule has 0 amide bonds. The van der Waals surface area contributed by atoms with E-state index in [9.17, 15) is 36.2 Å². The van der Waals surface area contributed by atoms with E-state index in [1.54, 1.807) is 12.1 Å². The van der Waals surface area contributed by atoms with Crippen LogP contribution in [-0.2, 0) is 11.2 Å². The third kappa shape index (κ3) is 5.72. The lowest BCUT2D eigenvalue weighted by atomic mass is 9.51. The summed E-state index contributed by atoms with van der Waals surface area (Å²) >= 11 is 0. The number of likely N-dealkylation sites (N-methyl/N-ethyl adjacent to an activating group) is 1. The van der Waals surface area contributed by atoms with E-state index in [2.05, 4.69) is 0 Å². The van der Waals surface area contributed by atoms with Crippen molar-refractivity contribution < 1.29 is 40.6 Å². The molecule has 3 nitrogen and oxygen atoms in total. The van der Waals surface area contributed by atoms with Gasteiger partial charge in [-0.2, -0.15) is 22.0 Å². The topological polar surface area (TPSA) is 40.5 Å². The molecule has 0 spiro atoms. The molecule has 0 bridgehead atoms. The summed E-state index contributed by atoms with van der Waals surface area (Å²) in [6.45, 7) is 1.92. The minimum atomic E-state index is -5.98. The number of carbonyl (C=O) groups excluding carboxylic acids is 1. The van der Waals surface area contributed by atoms with Crippen molar-refractivity contribution in [3.8, 4) is 5.75 Å². The zero-order chi connectivity index (χ0) is 28.8. The molecule has 0 aliphatic heterocycles. The Morgan fingerprint density at radius 2 is 1.90 bits per heavy atom. The van der Waals surface area contributed by atoms with Crippen LogP contribution in [-0.4, -0.2) is 54.2 Å². The maximum absolute atomic E-state index is 15.8. The van der Waals surface area contributed by atoms with Crippen molar-refractivity contribution in [2.75, 3.05) is 20.1 Å². The Morgan fingerprint density at radius 3 is 2.59 bits per heavy atom. The summed E-state index contributed by atoms with van der Waals surface area (Å²) in [5.41, 5.74) is 1.23. The van der Waals surface area contributed by atoms with Gasteiger partial charge >= 0.3 is 12.1 Å². The third-order valence-corrected chi connectivity index (χ3v) is 9.39. The van der Waals surface area contributed by atoms with Crippen molar-refractivity contribution in [1.29, 1.82) is 0 Å². The van der Waals surface area contributed by atoms with Gasteiger partial charge in [0, 0.05) is 24.3 Å². The summed E-state index contributed by atoms with van der Waals surface area (Å²) in [6.07, 6.45) is -1.75. The van der Waals surface area contributed by atoms with E-state index >= 15 is 4.39 Å². The normalized spacial score (nSPS) is 31.3. The van der Waals surface area contributed by atoms with Gasteiger partial charge in [0.25, 0.3) is 0 Å². The Balaban J connectivity index is 1.36. The molecular formula is C29H36F7NO2. The molecule has 6 atom stereocenters. The number of unbranched alkanes of at least 4 members (excludes halogenated alkanes) is 2. The number of alkyl halides is 6. The first-order valence-electron chi connectivity index (χ1n) is 13.6. The van der Waals surface area contributed by atoms with Crippen LogP contribution >= 0.6 is 0 Å². The maximum Gasteiger partial charge on any atom is 0.460 e. The van der Waals surface area contributed by atoms with Crippen LogP contribution in [0.4, 0.5) is 30.7 Å². The average Bonchev–Trinajstić information content (AvgIpc) is 3.14. The first kappa shape index (κ1) is 29.9. The van der Waals surface area contributed by atoms with E-state index in [0.29, 0.717) is 25.8 Å². The van der Waals surface area contributed by atoms with Crippen molar-refractivity contribution >= 4 is 5.78 Å². The van der Waals surface area contributed by atoms with Crippen molar-refractivity contribution in [3.63, 3.8) is 0 Å². The highest BCUT2D eigenvalue weighted by molar-refractivity contribution is 5.87. The molecule has 0 saturated heterocycles. The van der Waals surface area contributed by atoms with Crippen LogP contribution in [0, 0.1) is 23.2 Å². The maximum atomic E-state index is 15.8. The number of Topliss-reactive ketones (excluding diaryl/α,β-unsaturated/α-hetero) is 1. The number of allylic oxidation sites excluding steroid dienone is 1. The van der Waals surface area contributed by atoms with Gasteiger partial charge in [-0.15, -0.1) is 0 Å². The van der Waals surface area contributed by atoms with Crippen molar-refractivity contribution in [3.05, 3.63) is 41.2 Å². The molecule has 4 rings (SSSR count). The lowest BCUT2D eigenvalue weighted by molar-refractivity contribution is -0.270. The minimum absolute atomic E-state index is 0.0216. The standard InChI is InChI=1S/C29H36F7NO2/c1-27-16-22(30)26-20-8-7-19(38)15-18(20)14-17(25(26)21(27)9-10-24(27)39)6-4-3-5-12-37(2)13-11-23(31)28(32,33)29(34,35)36/h7-8,11,15,17,21-22,25-26,38H,3-6,9-10,12-14,16H2,1-2H3/b23-11-/t17-,21+,22+,25+,26+,27+/m1/s1. The summed E-state index contributed by atoms with van der Waals surface area (Å²) in [7, 11) is 1.52. The summed E-state index contributed by atoms with van der Waals surface area (Å²) in [4.78, 5) is 14.3. The molecular weight excluding hydrogens is 527 g/mol. The van der Waals surface area contributed by atoms with Crippen LogP contribution < -0.4 is 0 Å². The lowest BCUT2D eigenvalue weighted by Crippen LogP contribution is -2.50. The highest BCUT2D eigenvalue weighted by atomic mass is 19.4. The fourth-order valence-electron chi connectivity index (χ4n) is 7.39. The molecule has 0 heterocycles. The van der Waals surface area contributed by atoms with Crippen LogP contribution in [0.2, 0.25) is 0 Å². The van der Waals surface area contributed by atoms with E-state index in [1.807, 2.05) is 13.0 Å². The number of aromatic hydroxyl groups is 1. The number of phenols is 1. The smallest absolute Gasteiger partial charge is 0.460 e. The fourth-order valence-corrected chi connectivity index (χ4v) is 7.39. The highest BCUT2D eigenvalue weighted by Gasteiger charge is 2.61. The van der Waals surface area contributed by atoms with Gasteiger partial charge in [-0.1, -0.05) is 25.8 Å². The van der Waals surface area contributed by atoms with E-state index in [1.165, 1.54) is 11.9 Å². The number of halogens is 7. The Kier molecular flexibility index (Phi) is 8.47. The molecule has 2 saturated carbocycles. The van der Waals surface area contributed by atoms with E-state index in [4.69, 9.17) is 0 Å². The quantitative estimate of drug-likeness (QED) is 0.249. The molecule has 3 aliphatic rings. The van der Waals surface area contributed by atoms with Crippen molar-refractivity contribution in [1.82, 2.24) is 4.90 Å². The number of rotatable bonds is 9.